The highest BCUT2D eigenvalue weighted by Crippen LogP contribution is 2.08. The molecule has 27 heavy (non-hydrogen) atoms. The fraction of sp³-hybridized carbons (Fsp3) is 0.778. The Hall–Kier alpha value is -2.16. The number of amides is 2. The fourth-order valence-corrected chi connectivity index (χ4v) is 2.50. The van der Waals surface area contributed by atoms with Crippen molar-refractivity contribution in [1.29, 1.82) is 0 Å². The van der Waals surface area contributed by atoms with Gasteiger partial charge >= 0.3 is 0 Å². The van der Waals surface area contributed by atoms with Gasteiger partial charge in [0.05, 0.1) is 12.1 Å². The normalized spacial score (nSPS) is 15.3. The van der Waals surface area contributed by atoms with Gasteiger partial charge in [0, 0.05) is 6.54 Å². The van der Waals surface area contributed by atoms with E-state index >= 15 is 0 Å². The minimum atomic E-state index is -0.809. The Morgan fingerprint density at radius 1 is 1.11 bits per heavy atom. The van der Waals surface area contributed by atoms with Crippen LogP contribution in [0.5, 0.6) is 0 Å². The Morgan fingerprint density at radius 3 is 2.22 bits per heavy atom. The van der Waals surface area contributed by atoms with Crippen LogP contribution in [0.15, 0.2) is 4.99 Å². The molecule has 0 aliphatic heterocycles. The van der Waals surface area contributed by atoms with E-state index in [1.54, 1.807) is 0 Å². The second-order valence-corrected chi connectivity index (χ2v) is 7.30. The van der Waals surface area contributed by atoms with Gasteiger partial charge in [0.1, 0.15) is 12.3 Å². The third kappa shape index (κ3) is 10.5. The number of nitrogens with one attached hydrogen (secondary N) is 2. The van der Waals surface area contributed by atoms with Crippen molar-refractivity contribution < 1.29 is 14.4 Å². The van der Waals surface area contributed by atoms with Gasteiger partial charge in [-0.1, -0.05) is 34.1 Å². The molecule has 0 spiro atoms. The third-order valence-electron chi connectivity index (χ3n) is 4.35. The van der Waals surface area contributed by atoms with E-state index < -0.39 is 29.9 Å². The van der Waals surface area contributed by atoms with Gasteiger partial charge in [0.25, 0.3) is 0 Å². The largest absolute Gasteiger partial charge is 0.370 e. The molecular formula is C18H36N6O3. The van der Waals surface area contributed by atoms with Crippen molar-refractivity contribution in [2.45, 2.75) is 71.5 Å². The van der Waals surface area contributed by atoms with Crippen molar-refractivity contribution in [3.63, 3.8) is 0 Å². The van der Waals surface area contributed by atoms with Gasteiger partial charge in [-0.2, -0.15) is 0 Å². The first kappa shape index (κ1) is 24.8. The molecule has 9 nitrogen and oxygen atoms in total. The van der Waals surface area contributed by atoms with E-state index in [-0.39, 0.29) is 17.8 Å². The van der Waals surface area contributed by atoms with Crippen molar-refractivity contribution in [3.8, 4) is 0 Å². The molecule has 8 N–H and O–H groups in total. The van der Waals surface area contributed by atoms with Crippen LogP contribution in [-0.4, -0.2) is 48.7 Å². The summed E-state index contributed by atoms with van der Waals surface area (Å²) in [6, 6.07) is -2.12. The third-order valence-corrected chi connectivity index (χ3v) is 4.35. The summed E-state index contributed by atoms with van der Waals surface area (Å²) in [5.74, 6) is -0.590. The number of rotatable bonds is 13. The van der Waals surface area contributed by atoms with Crippen LogP contribution in [0.2, 0.25) is 0 Å². The van der Waals surface area contributed by atoms with E-state index in [1.165, 1.54) is 0 Å². The predicted octanol–water partition coefficient (Wildman–Crippen LogP) is -0.372. The van der Waals surface area contributed by atoms with Crippen molar-refractivity contribution in [2.24, 2.45) is 34.0 Å². The predicted molar refractivity (Wildman–Crippen MR) is 107 cm³/mol. The van der Waals surface area contributed by atoms with Crippen LogP contribution in [-0.2, 0) is 14.4 Å². The molecular weight excluding hydrogens is 348 g/mol. The molecule has 0 rings (SSSR count). The standard InChI is InChI=1S/C18H36N6O3/c1-5-12(4)15(10-25)24-17(27)14(7-6-8-22-18(20)21)23-16(26)13(19)9-11(2)3/h10-15H,5-9,19H2,1-4H3,(H,23,26)(H,24,27)(H4,20,21,22)/t12-,13-,14+,15+/m0/s1. The Kier molecular flexibility index (Phi) is 12.0. The lowest BCUT2D eigenvalue weighted by atomic mass is 9.99. The van der Waals surface area contributed by atoms with Crippen LogP contribution in [0.25, 0.3) is 0 Å². The minimum absolute atomic E-state index is 0.00682. The number of carbonyl (C=O) groups excluding carboxylic acids is 3. The molecule has 0 unspecified atom stereocenters. The Morgan fingerprint density at radius 2 is 1.74 bits per heavy atom. The monoisotopic (exact) mass is 384 g/mol. The summed E-state index contributed by atoms with van der Waals surface area (Å²) in [7, 11) is 0. The number of hydrogen-bond acceptors (Lipinski definition) is 5. The van der Waals surface area contributed by atoms with Crippen LogP contribution in [0.1, 0.15) is 53.4 Å². The number of carbonyl (C=O) groups is 3. The van der Waals surface area contributed by atoms with Crippen LogP contribution in [0.3, 0.4) is 0 Å². The van der Waals surface area contributed by atoms with Gasteiger partial charge < -0.3 is 32.6 Å². The fourth-order valence-electron chi connectivity index (χ4n) is 2.50. The number of hydrogen-bond donors (Lipinski definition) is 5. The Balaban J connectivity index is 5.04. The topological polar surface area (TPSA) is 166 Å². The molecule has 2 amide bonds. The summed E-state index contributed by atoms with van der Waals surface area (Å²) in [4.78, 5) is 40.1. The van der Waals surface area contributed by atoms with E-state index in [1.807, 2.05) is 27.7 Å². The van der Waals surface area contributed by atoms with Crippen molar-refractivity contribution in [3.05, 3.63) is 0 Å². The number of nitrogens with two attached hydrogens (primary N) is 3. The maximum absolute atomic E-state index is 12.6. The van der Waals surface area contributed by atoms with E-state index in [0.717, 1.165) is 12.7 Å². The molecule has 0 heterocycles. The maximum Gasteiger partial charge on any atom is 0.243 e. The average molecular weight is 385 g/mol. The first-order chi connectivity index (χ1) is 12.6. The zero-order valence-corrected chi connectivity index (χ0v) is 16.9. The highest BCUT2D eigenvalue weighted by molar-refractivity contribution is 5.90. The van der Waals surface area contributed by atoms with Crippen LogP contribution < -0.4 is 27.8 Å². The van der Waals surface area contributed by atoms with Gasteiger partial charge in [0.2, 0.25) is 11.8 Å². The summed E-state index contributed by atoms with van der Waals surface area (Å²) in [6.07, 6.45) is 2.79. The molecule has 0 aromatic carbocycles. The highest BCUT2D eigenvalue weighted by Gasteiger charge is 2.26. The summed E-state index contributed by atoms with van der Waals surface area (Å²) in [5, 5.41) is 5.40. The van der Waals surface area contributed by atoms with E-state index in [9.17, 15) is 14.4 Å². The molecule has 0 radical (unpaired) electrons. The minimum Gasteiger partial charge on any atom is -0.370 e. The first-order valence-corrected chi connectivity index (χ1v) is 9.49. The first-order valence-electron chi connectivity index (χ1n) is 9.49. The summed E-state index contributed by atoms with van der Waals surface area (Å²) < 4.78 is 0. The Labute approximate surface area is 161 Å². The zero-order chi connectivity index (χ0) is 21.0. The molecule has 0 saturated heterocycles. The van der Waals surface area contributed by atoms with E-state index in [0.29, 0.717) is 25.8 Å². The van der Waals surface area contributed by atoms with Crippen molar-refractivity contribution in [1.82, 2.24) is 10.6 Å². The molecule has 0 saturated carbocycles. The second-order valence-electron chi connectivity index (χ2n) is 7.30. The summed E-state index contributed by atoms with van der Waals surface area (Å²) in [5.41, 5.74) is 16.5. The van der Waals surface area contributed by atoms with Crippen LogP contribution >= 0.6 is 0 Å². The van der Waals surface area contributed by atoms with E-state index in [2.05, 4.69) is 15.6 Å². The lowest BCUT2D eigenvalue weighted by Gasteiger charge is -2.24. The number of nitrogens with zero attached hydrogens (tertiary/aromatic N) is 1. The van der Waals surface area contributed by atoms with Gasteiger partial charge in [-0.3, -0.25) is 14.6 Å². The maximum atomic E-state index is 12.6. The molecule has 156 valence electrons. The van der Waals surface area contributed by atoms with Gasteiger partial charge in [-0.15, -0.1) is 0 Å². The highest BCUT2D eigenvalue weighted by atomic mass is 16.2. The van der Waals surface area contributed by atoms with Crippen LogP contribution in [0, 0.1) is 11.8 Å². The van der Waals surface area contributed by atoms with E-state index in [4.69, 9.17) is 17.2 Å². The summed E-state index contributed by atoms with van der Waals surface area (Å²) >= 11 is 0. The molecule has 0 aromatic rings. The number of aldehydes is 1. The summed E-state index contributed by atoms with van der Waals surface area (Å²) in [6.45, 7) is 8.08. The Bertz CT molecular complexity index is 505. The molecule has 4 atom stereocenters. The molecule has 0 fully saturated rings. The molecule has 0 bridgehead atoms. The zero-order valence-electron chi connectivity index (χ0n) is 16.9. The average Bonchev–Trinajstić information content (AvgIpc) is 2.60. The quantitative estimate of drug-likeness (QED) is 0.126. The molecule has 9 heteroatoms. The van der Waals surface area contributed by atoms with Gasteiger partial charge in [-0.25, -0.2) is 0 Å². The SMILES string of the molecule is CC[C@H](C)[C@@H](C=O)NC(=O)[C@@H](CCCN=C(N)N)NC(=O)[C@@H](N)CC(C)C. The van der Waals surface area contributed by atoms with Crippen molar-refractivity contribution >= 4 is 24.1 Å². The van der Waals surface area contributed by atoms with Crippen LogP contribution in [0.4, 0.5) is 0 Å². The lowest BCUT2D eigenvalue weighted by molar-refractivity contribution is -0.131. The van der Waals surface area contributed by atoms with Gasteiger partial charge in [-0.05, 0) is 31.1 Å². The number of aliphatic imine (C=N–C) groups is 1. The molecule has 0 aromatic heterocycles. The second kappa shape index (κ2) is 13.1. The van der Waals surface area contributed by atoms with Gasteiger partial charge in [0.15, 0.2) is 5.96 Å². The van der Waals surface area contributed by atoms with Crippen molar-refractivity contribution in [2.75, 3.05) is 6.54 Å². The molecule has 0 aliphatic carbocycles. The number of guanidine groups is 1. The smallest absolute Gasteiger partial charge is 0.243 e. The molecule has 0 aliphatic rings. The lowest BCUT2D eigenvalue weighted by Crippen LogP contribution is -2.54.